The van der Waals surface area contributed by atoms with Crippen LogP contribution in [0.3, 0.4) is 0 Å². The topological polar surface area (TPSA) is 29.1 Å². The molecule has 10 heavy (non-hydrogen) atoms. The van der Waals surface area contributed by atoms with Crippen molar-refractivity contribution in [2.75, 3.05) is 6.54 Å². The van der Waals surface area contributed by atoms with Crippen molar-refractivity contribution in [1.82, 2.24) is 5.32 Å². The number of nitrogens with one attached hydrogen (secondary N) is 1. The van der Waals surface area contributed by atoms with Crippen molar-refractivity contribution in [3.8, 4) is 0 Å². The summed E-state index contributed by atoms with van der Waals surface area (Å²) in [5, 5.41) is 2.80. The molecule has 0 saturated carbocycles. The molecule has 0 aromatic rings. The maximum Gasteiger partial charge on any atom is 0.219 e. The van der Waals surface area contributed by atoms with E-state index in [2.05, 4.69) is 12.2 Å². The Morgan fingerprint density at radius 1 is 1.50 bits per heavy atom. The molecule has 1 amide bonds. The molecule has 2 heteroatoms. The average molecular weight is 142 g/mol. The normalized spacial score (nSPS) is 9.40. The zero-order chi connectivity index (χ0) is 7.82. The van der Waals surface area contributed by atoms with Gasteiger partial charge in [0.2, 0.25) is 5.91 Å². The van der Waals surface area contributed by atoms with Gasteiger partial charge in [0.25, 0.3) is 0 Å². The van der Waals surface area contributed by atoms with Gasteiger partial charge in [-0.15, -0.1) is 0 Å². The van der Waals surface area contributed by atoms with Crippen LogP contribution in [-0.2, 0) is 4.79 Å². The van der Waals surface area contributed by atoms with Crippen LogP contribution in [0.4, 0.5) is 0 Å². The summed E-state index contributed by atoms with van der Waals surface area (Å²) in [5.74, 6) is 0.143. The van der Waals surface area contributed by atoms with Crippen LogP contribution in [0.1, 0.15) is 32.6 Å². The summed E-state index contributed by atoms with van der Waals surface area (Å²) in [6.45, 7) is 6.38. The molecule has 0 spiro atoms. The minimum atomic E-state index is 0.143. The van der Waals surface area contributed by atoms with Crippen molar-refractivity contribution >= 4 is 5.91 Å². The number of amides is 1. The molecule has 0 atom stereocenters. The fourth-order valence-electron chi connectivity index (χ4n) is 0.655. The van der Waals surface area contributed by atoms with Crippen LogP contribution >= 0.6 is 0 Å². The van der Waals surface area contributed by atoms with E-state index in [0.29, 0.717) is 6.42 Å². The Hall–Kier alpha value is -0.530. The quantitative estimate of drug-likeness (QED) is 0.579. The third kappa shape index (κ3) is 5.60. The predicted octanol–water partition coefficient (Wildman–Crippen LogP) is 1.52. The van der Waals surface area contributed by atoms with E-state index in [1.165, 1.54) is 0 Å². The Balaban J connectivity index is 2.96. The first-order valence-corrected chi connectivity index (χ1v) is 3.87. The van der Waals surface area contributed by atoms with Gasteiger partial charge in [-0.3, -0.25) is 4.79 Å². The van der Waals surface area contributed by atoms with Gasteiger partial charge in [-0.2, -0.15) is 0 Å². The summed E-state index contributed by atoms with van der Waals surface area (Å²) < 4.78 is 0. The van der Waals surface area contributed by atoms with E-state index < -0.39 is 0 Å². The lowest BCUT2D eigenvalue weighted by Crippen LogP contribution is -2.22. The molecular weight excluding hydrogens is 126 g/mol. The Bertz CT molecular complexity index is 91.3. The molecule has 1 radical (unpaired) electrons. The van der Waals surface area contributed by atoms with Crippen LogP contribution in [0.2, 0.25) is 0 Å². The highest BCUT2D eigenvalue weighted by atomic mass is 16.1. The largest absolute Gasteiger partial charge is 0.356 e. The van der Waals surface area contributed by atoms with E-state index in [9.17, 15) is 4.79 Å². The van der Waals surface area contributed by atoms with Gasteiger partial charge in [-0.1, -0.05) is 26.7 Å². The molecule has 0 aromatic heterocycles. The van der Waals surface area contributed by atoms with Gasteiger partial charge in [0.1, 0.15) is 0 Å². The van der Waals surface area contributed by atoms with Crippen LogP contribution in [0.15, 0.2) is 0 Å². The van der Waals surface area contributed by atoms with Crippen LogP contribution in [-0.4, -0.2) is 12.5 Å². The molecule has 0 aliphatic heterocycles. The monoisotopic (exact) mass is 142 g/mol. The van der Waals surface area contributed by atoms with E-state index in [-0.39, 0.29) is 5.91 Å². The van der Waals surface area contributed by atoms with Crippen molar-refractivity contribution in [3.63, 3.8) is 0 Å². The van der Waals surface area contributed by atoms with Gasteiger partial charge in [-0.05, 0) is 6.42 Å². The molecule has 0 unspecified atom stereocenters. The molecule has 0 saturated heterocycles. The highest BCUT2D eigenvalue weighted by Crippen LogP contribution is 1.90. The molecule has 1 N–H and O–H groups in total. The zero-order valence-electron chi connectivity index (χ0n) is 6.65. The standard InChI is InChI=1S/C8H16NO/c1-3-5-6-7-9-8(10)4-2/h1,3-7H2,2H3,(H,9,10). The summed E-state index contributed by atoms with van der Waals surface area (Å²) in [5.41, 5.74) is 0. The Kier molecular flexibility index (Phi) is 6.24. The second kappa shape index (κ2) is 6.59. The molecule has 0 rings (SSSR count). The van der Waals surface area contributed by atoms with E-state index in [4.69, 9.17) is 0 Å². The van der Waals surface area contributed by atoms with Crippen LogP contribution in [0.25, 0.3) is 0 Å². The minimum absolute atomic E-state index is 0.143. The van der Waals surface area contributed by atoms with Gasteiger partial charge in [0.05, 0.1) is 0 Å². The van der Waals surface area contributed by atoms with Crippen molar-refractivity contribution in [2.45, 2.75) is 32.6 Å². The van der Waals surface area contributed by atoms with Gasteiger partial charge in [0.15, 0.2) is 0 Å². The summed E-state index contributed by atoms with van der Waals surface area (Å²) in [7, 11) is 0. The summed E-state index contributed by atoms with van der Waals surface area (Å²) in [6.07, 6.45) is 3.70. The van der Waals surface area contributed by atoms with E-state index in [1.807, 2.05) is 6.92 Å². The van der Waals surface area contributed by atoms with Crippen LogP contribution < -0.4 is 5.32 Å². The third-order valence-electron chi connectivity index (χ3n) is 1.32. The van der Waals surface area contributed by atoms with Gasteiger partial charge in [0, 0.05) is 13.0 Å². The molecule has 0 fully saturated rings. The number of unbranched alkanes of at least 4 members (excludes halogenated alkanes) is 2. The second-order valence-electron chi connectivity index (χ2n) is 2.26. The minimum Gasteiger partial charge on any atom is -0.356 e. The Morgan fingerprint density at radius 3 is 2.70 bits per heavy atom. The third-order valence-corrected chi connectivity index (χ3v) is 1.32. The molecule has 0 bridgehead atoms. The smallest absolute Gasteiger partial charge is 0.219 e. The van der Waals surface area contributed by atoms with Crippen molar-refractivity contribution in [2.24, 2.45) is 0 Å². The first-order valence-electron chi connectivity index (χ1n) is 3.87. The Labute approximate surface area is 63.0 Å². The first-order chi connectivity index (χ1) is 4.81. The van der Waals surface area contributed by atoms with Crippen molar-refractivity contribution in [3.05, 3.63) is 6.92 Å². The lowest BCUT2D eigenvalue weighted by Gasteiger charge is -2.00. The summed E-state index contributed by atoms with van der Waals surface area (Å²) >= 11 is 0. The molecule has 0 heterocycles. The number of carbonyl (C=O) groups excluding carboxylic acids is 1. The zero-order valence-corrected chi connectivity index (χ0v) is 6.65. The molecule has 59 valence electrons. The molecular formula is C8H16NO. The lowest BCUT2D eigenvalue weighted by atomic mass is 10.2. The maximum atomic E-state index is 10.6. The number of hydrogen-bond acceptors (Lipinski definition) is 1. The highest BCUT2D eigenvalue weighted by Gasteiger charge is 1.93. The number of hydrogen-bond donors (Lipinski definition) is 1. The maximum absolute atomic E-state index is 10.6. The van der Waals surface area contributed by atoms with Gasteiger partial charge >= 0.3 is 0 Å². The summed E-state index contributed by atoms with van der Waals surface area (Å²) in [6, 6.07) is 0. The number of carbonyl (C=O) groups is 1. The lowest BCUT2D eigenvalue weighted by molar-refractivity contribution is -0.120. The van der Waals surface area contributed by atoms with Crippen molar-refractivity contribution < 1.29 is 4.79 Å². The Morgan fingerprint density at radius 2 is 2.20 bits per heavy atom. The fourth-order valence-corrected chi connectivity index (χ4v) is 0.655. The van der Waals surface area contributed by atoms with Gasteiger partial charge in [-0.25, -0.2) is 0 Å². The molecule has 0 aliphatic carbocycles. The SMILES string of the molecule is [CH2]CCCCNC(=O)CC. The fraction of sp³-hybridized carbons (Fsp3) is 0.750. The average Bonchev–Trinajstić information content (AvgIpc) is 1.98. The predicted molar refractivity (Wildman–Crippen MR) is 42.5 cm³/mol. The number of rotatable bonds is 5. The first kappa shape index (κ1) is 9.47. The van der Waals surface area contributed by atoms with Crippen molar-refractivity contribution in [1.29, 1.82) is 0 Å². The van der Waals surface area contributed by atoms with E-state index >= 15 is 0 Å². The van der Waals surface area contributed by atoms with E-state index in [0.717, 1.165) is 25.8 Å². The second-order valence-corrected chi connectivity index (χ2v) is 2.26. The highest BCUT2D eigenvalue weighted by molar-refractivity contribution is 5.75. The molecule has 0 aromatic carbocycles. The van der Waals surface area contributed by atoms with Crippen LogP contribution in [0.5, 0.6) is 0 Å². The van der Waals surface area contributed by atoms with Crippen LogP contribution in [0, 0.1) is 6.92 Å². The summed E-state index contributed by atoms with van der Waals surface area (Å²) in [4.78, 5) is 10.6. The molecule has 0 aliphatic rings. The van der Waals surface area contributed by atoms with E-state index in [1.54, 1.807) is 0 Å². The molecule has 2 nitrogen and oxygen atoms in total. The van der Waals surface area contributed by atoms with Gasteiger partial charge < -0.3 is 5.32 Å².